The summed E-state index contributed by atoms with van der Waals surface area (Å²) in [5, 5.41) is 19.3. The SMILES string of the molecule is CCCCC[C@H](O)CCCCCCc1ccc(O)c(C)n1. The summed E-state index contributed by atoms with van der Waals surface area (Å²) in [4.78, 5) is 4.37. The van der Waals surface area contributed by atoms with Crippen LogP contribution in [-0.4, -0.2) is 21.3 Å². The molecule has 0 aromatic carbocycles. The predicted octanol–water partition coefficient (Wildman–Crippen LogP) is 4.53. The highest BCUT2D eigenvalue weighted by molar-refractivity contribution is 5.26. The lowest BCUT2D eigenvalue weighted by atomic mass is 10.0. The number of aryl methyl sites for hydroxylation is 2. The minimum atomic E-state index is -0.0991. The van der Waals surface area contributed by atoms with Crippen LogP contribution in [0.5, 0.6) is 5.75 Å². The summed E-state index contributed by atoms with van der Waals surface area (Å²) in [5.41, 5.74) is 1.77. The van der Waals surface area contributed by atoms with Crippen LogP contribution in [0.25, 0.3) is 0 Å². The minimum Gasteiger partial charge on any atom is -0.506 e. The third kappa shape index (κ3) is 8.05. The van der Waals surface area contributed by atoms with Gasteiger partial charge in [-0.25, -0.2) is 0 Å². The van der Waals surface area contributed by atoms with Gasteiger partial charge >= 0.3 is 0 Å². The van der Waals surface area contributed by atoms with Gasteiger partial charge in [0.15, 0.2) is 0 Å². The smallest absolute Gasteiger partial charge is 0.136 e. The van der Waals surface area contributed by atoms with E-state index in [2.05, 4.69) is 11.9 Å². The summed E-state index contributed by atoms with van der Waals surface area (Å²) in [7, 11) is 0. The Morgan fingerprint density at radius 1 is 1.00 bits per heavy atom. The summed E-state index contributed by atoms with van der Waals surface area (Å²) in [6, 6.07) is 3.63. The van der Waals surface area contributed by atoms with Gasteiger partial charge in [0, 0.05) is 5.69 Å². The summed E-state index contributed by atoms with van der Waals surface area (Å²) < 4.78 is 0. The van der Waals surface area contributed by atoms with Crippen molar-refractivity contribution in [1.82, 2.24) is 4.98 Å². The highest BCUT2D eigenvalue weighted by Crippen LogP contribution is 2.16. The Morgan fingerprint density at radius 3 is 2.33 bits per heavy atom. The number of hydrogen-bond acceptors (Lipinski definition) is 3. The molecule has 120 valence electrons. The number of hydrogen-bond donors (Lipinski definition) is 2. The maximum absolute atomic E-state index is 9.83. The summed E-state index contributed by atoms with van der Waals surface area (Å²) in [5.74, 6) is 0.274. The number of aliphatic hydroxyl groups excluding tert-OH is 1. The molecule has 0 fully saturated rings. The molecular weight excluding hydrogens is 262 g/mol. The first kappa shape index (κ1) is 18.0. The first-order valence-corrected chi connectivity index (χ1v) is 8.47. The van der Waals surface area contributed by atoms with E-state index in [9.17, 15) is 10.2 Å². The summed E-state index contributed by atoms with van der Waals surface area (Å²) in [6.45, 7) is 4.02. The molecule has 0 saturated carbocycles. The van der Waals surface area contributed by atoms with Gasteiger partial charge in [-0.3, -0.25) is 4.98 Å². The molecule has 0 aliphatic heterocycles. The molecule has 0 unspecified atom stereocenters. The van der Waals surface area contributed by atoms with Gasteiger partial charge in [-0.15, -0.1) is 0 Å². The number of unbranched alkanes of at least 4 members (excludes halogenated alkanes) is 5. The number of nitrogens with zero attached hydrogens (tertiary/aromatic N) is 1. The number of aliphatic hydroxyl groups is 1. The second-order valence-corrected chi connectivity index (χ2v) is 6.01. The third-order valence-corrected chi connectivity index (χ3v) is 3.98. The van der Waals surface area contributed by atoms with Crippen LogP contribution in [0, 0.1) is 6.92 Å². The fourth-order valence-corrected chi connectivity index (χ4v) is 2.56. The maximum atomic E-state index is 9.83. The van der Waals surface area contributed by atoms with Crippen molar-refractivity contribution in [3.63, 3.8) is 0 Å². The van der Waals surface area contributed by atoms with Crippen LogP contribution in [0.4, 0.5) is 0 Å². The molecule has 1 aromatic heterocycles. The lowest BCUT2D eigenvalue weighted by Gasteiger charge is -2.09. The summed E-state index contributed by atoms with van der Waals surface area (Å²) >= 11 is 0. The number of aromatic nitrogens is 1. The molecule has 0 amide bonds. The Hall–Kier alpha value is -1.09. The zero-order chi connectivity index (χ0) is 15.5. The first-order valence-electron chi connectivity index (χ1n) is 8.47. The van der Waals surface area contributed by atoms with E-state index in [-0.39, 0.29) is 11.9 Å². The van der Waals surface area contributed by atoms with Crippen molar-refractivity contribution in [3.05, 3.63) is 23.5 Å². The molecular formula is C18H31NO2. The highest BCUT2D eigenvalue weighted by atomic mass is 16.3. The van der Waals surface area contributed by atoms with E-state index < -0.39 is 0 Å². The van der Waals surface area contributed by atoms with Crippen molar-refractivity contribution in [3.8, 4) is 5.75 Å². The van der Waals surface area contributed by atoms with Gasteiger partial charge < -0.3 is 10.2 Å². The Labute approximate surface area is 129 Å². The molecule has 0 aliphatic rings. The number of rotatable bonds is 11. The van der Waals surface area contributed by atoms with Gasteiger partial charge in [-0.1, -0.05) is 45.4 Å². The van der Waals surface area contributed by atoms with Crippen molar-refractivity contribution < 1.29 is 10.2 Å². The van der Waals surface area contributed by atoms with Crippen LogP contribution in [0.3, 0.4) is 0 Å². The standard InChI is InChI=1S/C18H31NO2/c1-3-4-7-11-17(20)12-9-6-5-8-10-16-13-14-18(21)15(2)19-16/h13-14,17,20-21H,3-12H2,1-2H3/t17-/m0/s1. The first-order chi connectivity index (χ1) is 10.1. The van der Waals surface area contributed by atoms with Crippen LogP contribution in [0.1, 0.15) is 76.1 Å². The quantitative estimate of drug-likeness (QED) is 0.589. The molecule has 0 spiro atoms. The zero-order valence-corrected chi connectivity index (χ0v) is 13.6. The van der Waals surface area contributed by atoms with E-state index in [0.717, 1.165) is 44.2 Å². The Balaban J connectivity index is 2.02. The molecule has 0 aliphatic carbocycles. The van der Waals surface area contributed by atoms with Crippen LogP contribution in [-0.2, 0) is 6.42 Å². The Bertz CT molecular complexity index is 393. The Morgan fingerprint density at radius 2 is 1.67 bits per heavy atom. The van der Waals surface area contributed by atoms with E-state index in [0.29, 0.717) is 5.69 Å². The summed E-state index contributed by atoms with van der Waals surface area (Å²) in [6.07, 6.45) is 11.0. The van der Waals surface area contributed by atoms with Gasteiger partial charge in [0.2, 0.25) is 0 Å². The zero-order valence-electron chi connectivity index (χ0n) is 13.6. The van der Waals surface area contributed by atoms with E-state index in [1.807, 2.05) is 13.0 Å². The molecule has 1 aromatic rings. The van der Waals surface area contributed by atoms with Crippen LogP contribution >= 0.6 is 0 Å². The van der Waals surface area contributed by atoms with E-state index in [4.69, 9.17) is 0 Å². The number of aromatic hydroxyl groups is 1. The van der Waals surface area contributed by atoms with Gasteiger partial charge in [0.05, 0.1) is 11.8 Å². The second-order valence-electron chi connectivity index (χ2n) is 6.01. The average Bonchev–Trinajstić information content (AvgIpc) is 2.46. The molecule has 0 bridgehead atoms. The lowest BCUT2D eigenvalue weighted by molar-refractivity contribution is 0.147. The van der Waals surface area contributed by atoms with Crippen molar-refractivity contribution in [1.29, 1.82) is 0 Å². The van der Waals surface area contributed by atoms with Crippen molar-refractivity contribution in [2.75, 3.05) is 0 Å². The maximum Gasteiger partial charge on any atom is 0.136 e. The molecule has 3 heteroatoms. The molecule has 1 atom stereocenters. The van der Waals surface area contributed by atoms with Gasteiger partial charge in [-0.2, -0.15) is 0 Å². The average molecular weight is 293 g/mol. The largest absolute Gasteiger partial charge is 0.506 e. The molecule has 2 N–H and O–H groups in total. The normalized spacial score (nSPS) is 12.5. The van der Waals surface area contributed by atoms with E-state index >= 15 is 0 Å². The predicted molar refractivity (Wildman–Crippen MR) is 87.6 cm³/mol. The molecule has 3 nitrogen and oxygen atoms in total. The van der Waals surface area contributed by atoms with Gasteiger partial charge in [0.1, 0.15) is 5.75 Å². The molecule has 0 radical (unpaired) electrons. The Kier molecular flexibility index (Phi) is 9.07. The fourth-order valence-electron chi connectivity index (χ4n) is 2.56. The molecule has 1 heterocycles. The molecule has 21 heavy (non-hydrogen) atoms. The fraction of sp³-hybridized carbons (Fsp3) is 0.722. The van der Waals surface area contributed by atoms with Crippen molar-refractivity contribution >= 4 is 0 Å². The van der Waals surface area contributed by atoms with Gasteiger partial charge in [0.25, 0.3) is 0 Å². The second kappa shape index (κ2) is 10.6. The topological polar surface area (TPSA) is 53.4 Å². The third-order valence-electron chi connectivity index (χ3n) is 3.98. The minimum absolute atomic E-state index is 0.0991. The lowest BCUT2D eigenvalue weighted by Crippen LogP contribution is -2.05. The van der Waals surface area contributed by atoms with Gasteiger partial charge in [-0.05, 0) is 44.7 Å². The van der Waals surface area contributed by atoms with Crippen LogP contribution < -0.4 is 0 Å². The van der Waals surface area contributed by atoms with Crippen molar-refractivity contribution in [2.24, 2.45) is 0 Å². The monoisotopic (exact) mass is 293 g/mol. The molecule has 0 saturated heterocycles. The van der Waals surface area contributed by atoms with Crippen LogP contribution in [0.15, 0.2) is 12.1 Å². The number of pyridine rings is 1. The van der Waals surface area contributed by atoms with Crippen molar-refractivity contribution in [2.45, 2.75) is 84.2 Å². The van der Waals surface area contributed by atoms with E-state index in [1.54, 1.807) is 6.07 Å². The molecule has 1 rings (SSSR count). The highest BCUT2D eigenvalue weighted by Gasteiger charge is 2.04. The van der Waals surface area contributed by atoms with E-state index in [1.165, 1.54) is 25.7 Å². The van der Waals surface area contributed by atoms with Crippen LogP contribution in [0.2, 0.25) is 0 Å².